The molecule has 0 aromatic rings. The minimum atomic E-state index is -1.79. The maximum Gasteiger partial charge on any atom is 0.206 e. The van der Waals surface area contributed by atoms with Crippen LogP contribution in [0.5, 0.6) is 0 Å². The van der Waals surface area contributed by atoms with E-state index in [1.54, 1.807) is 7.05 Å². The molecule has 0 saturated heterocycles. The Labute approximate surface area is 110 Å². The Bertz CT molecular complexity index is 326. The molecule has 0 heterocycles. The topological polar surface area (TPSA) is 131 Å². The number of aliphatic hydroxyl groups excluding tert-OH is 3. The molecule has 0 aromatic carbocycles. The second-order valence-corrected chi connectivity index (χ2v) is 3.85. The van der Waals surface area contributed by atoms with E-state index in [-0.39, 0.29) is 11.7 Å². The molecule has 0 aromatic heterocycles. The number of carbonyl (C=O) groups is 1. The van der Waals surface area contributed by atoms with E-state index in [4.69, 9.17) is 18.0 Å². The Morgan fingerprint density at radius 2 is 2.11 bits per heavy atom. The first-order chi connectivity index (χ1) is 8.34. The molecule has 0 rings (SSSR count). The maximum absolute atomic E-state index is 11.4. The summed E-state index contributed by atoms with van der Waals surface area (Å²) < 4.78 is 0. The number of ketones is 1. The fraction of sp³-hybridized carbons (Fsp3) is 0.667. The van der Waals surface area contributed by atoms with E-state index >= 15 is 0 Å². The van der Waals surface area contributed by atoms with Crippen LogP contribution in [-0.2, 0) is 4.79 Å². The lowest BCUT2D eigenvalue weighted by atomic mass is 10.1. The van der Waals surface area contributed by atoms with E-state index in [1.807, 2.05) is 0 Å². The van der Waals surface area contributed by atoms with Crippen LogP contribution in [0.3, 0.4) is 0 Å². The van der Waals surface area contributed by atoms with Crippen LogP contribution in [0.25, 0.3) is 0 Å². The van der Waals surface area contributed by atoms with Gasteiger partial charge in [0.1, 0.15) is 12.2 Å². The molecule has 0 spiro atoms. The predicted molar refractivity (Wildman–Crippen MR) is 70.0 cm³/mol. The number of Topliss-reactive ketones (excluding diaryl/α,β-unsaturated/α-hetero) is 1. The van der Waals surface area contributed by atoms with Crippen LogP contribution in [0, 0.1) is 0 Å². The molecule has 104 valence electrons. The van der Waals surface area contributed by atoms with Gasteiger partial charge in [-0.05, 0) is 12.2 Å². The zero-order valence-electron chi connectivity index (χ0n) is 10.1. The van der Waals surface area contributed by atoms with Crippen molar-refractivity contribution >= 4 is 29.3 Å². The summed E-state index contributed by atoms with van der Waals surface area (Å²) in [6, 6.07) is 0. The molecule has 9 heteroatoms. The van der Waals surface area contributed by atoms with Crippen molar-refractivity contribution in [2.24, 2.45) is 10.8 Å². The zero-order chi connectivity index (χ0) is 14.3. The highest BCUT2D eigenvalue weighted by Crippen LogP contribution is 2.00. The molecule has 0 bridgehead atoms. The standard InChI is InChI=1S/C9H18N4O4S/c1-11-9(18)13(2)12-4-6(15)8(17)7(16)5(14)3-10/h4-5,7-8,14,16-17H,3,10H2,1-2H3,(H,11,18). The molecular weight excluding hydrogens is 260 g/mol. The summed E-state index contributed by atoms with van der Waals surface area (Å²) in [7, 11) is 3.09. The van der Waals surface area contributed by atoms with E-state index in [1.165, 1.54) is 12.1 Å². The number of carbonyl (C=O) groups excluding carboxylic acids is 1. The van der Waals surface area contributed by atoms with E-state index in [9.17, 15) is 20.1 Å². The Balaban J connectivity index is 4.48. The number of nitrogens with two attached hydrogens (primary N) is 1. The summed E-state index contributed by atoms with van der Waals surface area (Å²) in [5.74, 6) is -0.860. The third kappa shape index (κ3) is 5.02. The van der Waals surface area contributed by atoms with Crippen molar-refractivity contribution in [3.05, 3.63) is 0 Å². The Hall–Kier alpha value is -1.13. The molecular formula is C9H18N4O4S. The minimum absolute atomic E-state index is 0.271. The van der Waals surface area contributed by atoms with Gasteiger partial charge >= 0.3 is 0 Å². The minimum Gasteiger partial charge on any atom is -0.389 e. The van der Waals surface area contributed by atoms with Crippen LogP contribution in [0.2, 0.25) is 0 Å². The monoisotopic (exact) mass is 278 g/mol. The van der Waals surface area contributed by atoms with Crippen molar-refractivity contribution < 1.29 is 20.1 Å². The molecule has 3 unspecified atom stereocenters. The number of rotatable bonds is 6. The van der Waals surface area contributed by atoms with Gasteiger partial charge < -0.3 is 26.4 Å². The number of nitrogens with one attached hydrogen (secondary N) is 1. The van der Waals surface area contributed by atoms with Gasteiger partial charge in [0.25, 0.3) is 0 Å². The van der Waals surface area contributed by atoms with E-state index < -0.39 is 24.1 Å². The number of hydrogen-bond acceptors (Lipinski definition) is 7. The van der Waals surface area contributed by atoms with Crippen molar-refractivity contribution in [3.8, 4) is 0 Å². The van der Waals surface area contributed by atoms with Crippen LogP contribution in [0.15, 0.2) is 5.10 Å². The maximum atomic E-state index is 11.4. The Morgan fingerprint density at radius 3 is 2.56 bits per heavy atom. The molecule has 0 aliphatic rings. The van der Waals surface area contributed by atoms with E-state index in [0.29, 0.717) is 0 Å². The van der Waals surface area contributed by atoms with E-state index in [2.05, 4.69) is 10.4 Å². The number of aliphatic hydroxyl groups is 3. The SMILES string of the molecule is CNC(=S)N(C)N=CC(=O)C(O)C(O)C(O)CN. The fourth-order valence-electron chi connectivity index (χ4n) is 0.952. The summed E-state index contributed by atoms with van der Waals surface area (Å²) in [6.45, 7) is -0.271. The zero-order valence-corrected chi connectivity index (χ0v) is 11.0. The second-order valence-electron chi connectivity index (χ2n) is 3.46. The predicted octanol–water partition coefficient (Wildman–Crippen LogP) is -2.98. The smallest absolute Gasteiger partial charge is 0.206 e. The van der Waals surface area contributed by atoms with Gasteiger partial charge in [-0.2, -0.15) is 5.10 Å². The molecule has 8 nitrogen and oxygen atoms in total. The van der Waals surface area contributed by atoms with Gasteiger partial charge in [-0.1, -0.05) is 0 Å². The quantitative estimate of drug-likeness (QED) is 0.198. The number of hydrogen-bond donors (Lipinski definition) is 5. The van der Waals surface area contributed by atoms with Gasteiger partial charge in [-0.25, -0.2) is 5.01 Å². The third-order valence-electron chi connectivity index (χ3n) is 2.12. The molecule has 0 aliphatic carbocycles. The molecule has 0 saturated carbocycles. The summed E-state index contributed by atoms with van der Waals surface area (Å²) in [4.78, 5) is 11.4. The molecule has 0 amide bonds. The molecule has 18 heavy (non-hydrogen) atoms. The Kier molecular flexibility index (Phi) is 7.55. The Morgan fingerprint density at radius 1 is 1.56 bits per heavy atom. The lowest BCUT2D eigenvalue weighted by molar-refractivity contribution is -0.130. The highest BCUT2D eigenvalue weighted by Gasteiger charge is 2.28. The molecule has 0 aliphatic heterocycles. The van der Waals surface area contributed by atoms with Crippen LogP contribution in [0.4, 0.5) is 0 Å². The van der Waals surface area contributed by atoms with Gasteiger partial charge in [0, 0.05) is 20.6 Å². The van der Waals surface area contributed by atoms with Crippen LogP contribution in [-0.4, -0.2) is 76.4 Å². The first kappa shape index (κ1) is 16.9. The summed E-state index contributed by atoms with van der Waals surface area (Å²) in [6.07, 6.45) is -4.02. The lowest BCUT2D eigenvalue weighted by Gasteiger charge is -2.19. The van der Waals surface area contributed by atoms with Crippen molar-refractivity contribution in [1.82, 2.24) is 10.3 Å². The summed E-state index contributed by atoms with van der Waals surface area (Å²) in [5, 5.41) is 35.7. The van der Waals surface area contributed by atoms with E-state index in [0.717, 1.165) is 6.21 Å². The first-order valence-electron chi connectivity index (χ1n) is 5.12. The highest BCUT2D eigenvalue weighted by molar-refractivity contribution is 7.80. The summed E-state index contributed by atoms with van der Waals surface area (Å²) >= 11 is 4.83. The van der Waals surface area contributed by atoms with Crippen LogP contribution in [0.1, 0.15) is 0 Å². The normalized spacial score (nSPS) is 16.1. The number of hydrazone groups is 1. The summed E-state index contributed by atoms with van der Waals surface area (Å²) in [5.41, 5.74) is 5.09. The third-order valence-corrected chi connectivity index (χ3v) is 2.59. The molecule has 0 radical (unpaired) electrons. The average Bonchev–Trinajstić information content (AvgIpc) is 2.40. The van der Waals surface area contributed by atoms with Gasteiger partial charge in [-0.15, -0.1) is 0 Å². The highest BCUT2D eigenvalue weighted by atomic mass is 32.1. The number of thiocarbonyl (C=S) groups is 1. The van der Waals surface area contributed by atoms with Crippen molar-refractivity contribution in [2.75, 3.05) is 20.6 Å². The van der Waals surface area contributed by atoms with Gasteiger partial charge in [0.2, 0.25) is 5.78 Å². The number of nitrogens with zero attached hydrogens (tertiary/aromatic N) is 2. The van der Waals surface area contributed by atoms with Crippen molar-refractivity contribution in [3.63, 3.8) is 0 Å². The first-order valence-corrected chi connectivity index (χ1v) is 5.53. The van der Waals surface area contributed by atoms with Gasteiger partial charge in [-0.3, -0.25) is 4.79 Å². The largest absolute Gasteiger partial charge is 0.389 e. The van der Waals surface area contributed by atoms with Gasteiger partial charge in [0.15, 0.2) is 5.11 Å². The van der Waals surface area contributed by atoms with Crippen LogP contribution < -0.4 is 11.1 Å². The lowest BCUT2D eigenvalue weighted by Crippen LogP contribution is -2.46. The van der Waals surface area contributed by atoms with Crippen molar-refractivity contribution in [2.45, 2.75) is 18.3 Å². The molecule has 6 N–H and O–H groups in total. The fourth-order valence-corrected chi connectivity index (χ4v) is 0.999. The van der Waals surface area contributed by atoms with Crippen LogP contribution >= 0.6 is 12.2 Å². The second kappa shape index (κ2) is 8.06. The van der Waals surface area contributed by atoms with Gasteiger partial charge in [0.05, 0.1) is 12.3 Å². The average molecular weight is 278 g/mol. The molecule has 0 fully saturated rings. The molecule has 3 atom stereocenters. The van der Waals surface area contributed by atoms with Crippen molar-refractivity contribution in [1.29, 1.82) is 0 Å².